The van der Waals surface area contributed by atoms with Crippen LogP contribution in [0.1, 0.15) is 16.8 Å². The molecule has 8 nitrogen and oxygen atoms in total. The highest BCUT2D eigenvalue weighted by Crippen LogP contribution is 2.18. The van der Waals surface area contributed by atoms with Crippen molar-refractivity contribution in [3.8, 4) is 0 Å². The first-order valence-electron chi connectivity index (χ1n) is 9.36. The number of hydrogen-bond acceptors (Lipinski definition) is 6. The zero-order valence-corrected chi connectivity index (χ0v) is 17.4. The zero-order valence-electron chi connectivity index (χ0n) is 16.6. The van der Waals surface area contributed by atoms with Crippen LogP contribution >= 0.6 is 11.8 Å². The van der Waals surface area contributed by atoms with Crippen LogP contribution in [0.2, 0.25) is 0 Å². The maximum atomic E-state index is 12.5. The summed E-state index contributed by atoms with van der Waals surface area (Å²) in [6, 6.07) is 17.4. The Kier molecular flexibility index (Phi) is 5.62. The van der Waals surface area contributed by atoms with Gasteiger partial charge in [0.1, 0.15) is 5.69 Å². The molecule has 152 valence electrons. The average Bonchev–Trinajstić information content (AvgIpc) is 3.15. The number of thioether (sulfide) groups is 1. The molecule has 0 saturated heterocycles. The van der Waals surface area contributed by atoms with Gasteiger partial charge in [0.25, 0.3) is 11.3 Å². The summed E-state index contributed by atoms with van der Waals surface area (Å²) in [6.07, 6.45) is 0.392. The third-order valence-electron chi connectivity index (χ3n) is 4.65. The van der Waals surface area contributed by atoms with Crippen molar-refractivity contribution in [1.29, 1.82) is 0 Å². The molecule has 2 heterocycles. The van der Waals surface area contributed by atoms with Gasteiger partial charge in [-0.3, -0.25) is 14.6 Å². The highest BCUT2D eigenvalue weighted by atomic mass is 32.2. The molecule has 30 heavy (non-hydrogen) atoms. The maximum Gasteiger partial charge on any atom is 0.274 e. The highest BCUT2D eigenvalue weighted by molar-refractivity contribution is 7.99. The third-order valence-corrected chi connectivity index (χ3v) is 5.56. The first kappa shape index (κ1) is 19.8. The van der Waals surface area contributed by atoms with Gasteiger partial charge in [0.05, 0.1) is 5.75 Å². The van der Waals surface area contributed by atoms with E-state index in [1.54, 1.807) is 11.9 Å². The number of H-pyrrole nitrogens is 1. The van der Waals surface area contributed by atoms with Crippen LogP contribution in [-0.2, 0) is 11.2 Å². The van der Waals surface area contributed by atoms with E-state index in [4.69, 9.17) is 0 Å². The molecule has 2 aromatic heterocycles. The van der Waals surface area contributed by atoms with E-state index in [-0.39, 0.29) is 23.0 Å². The SMILES string of the molecule is Cc1ccc(Cc2nn3c(SCC(=O)N(C)c4ccccc4)nnc3[nH]c2=O)cc1. The summed E-state index contributed by atoms with van der Waals surface area (Å²) >= 11 is 1.22. The Morgan fingerprint density at radius 2 is 1.83 bits per heavy atom. The number of anilines is 1. The standard InChI is InChI=1S/C21H20N6O2S/c1-14-8-10-15(11-9-14)12-17-19(29)22-20-23-24-21(27(20)25-17)30-13-18(28)26(2)16-6-4-3-5-7-16/h3-11H,12-13H2,1-2H3,(H,22,23,29). The lowest BCUT2D eigenvalue weighted by Gasteiger charge is -2.16. The predicted molar refractivity (Wildman–Crippen MR) is 116 cm³/mol. The molecule has 0 radical (unpaired) electrons. The number of rotatable bonds is 6. The van der Waals surface area contributed by atoms with Gasteiger partial charge in [0.15, 0.2) is 0 Å². The van der Waals surface area contributed by atoms with Crippen molar-refractivity contribution in [2.45, 2.75) is 18.5 Å². The second kappa shape index (κ2) is 8.50. The first-order chi connectivity index (χ1) is 14.5. The quantitative estimate of drug-likeness (QED) is 0.482. The van der Waals surface area contributed by atoms with E-state index in [1.165, 1.54) is 16.3 Å². The lowest BCUT2D eigenvalue weighted by molar-refractivity contribution is -0.115. The highest BCUT2D eigenvalue weighted by Gasteiger charge is 2.16. The molecule has 4 aromatic rings. The number of carbonyl (C=O) groups is 1. The summed E-state index contributed by atoms with van der Waals surface area (Å²) in [5, 5.41) is 12.9. The molecule has 0 atom stereocenters. The zero-order chi connectivity index (χ0) is 21.1. The molecule has 0 aliphatic carbocycles. The van der Waals surface area contributed by atoms with Gasteiger partial charge in [-0.2, -0.15) is 9.61 Å². The molecule has 1 amide bonds. The molecular weight excluding hydrogens is 400 g/mol. The number of carbonyl (C=O) groups excluding carboxylic acids is 1. The molecule has 0 saturated carbocycles. The summed E-state index contributed by atoms with van der Waals surface area (Å²) in [5.41, 5.74) is 3.02. The molecule has 0 aliphatic rings. The van der Waals surface area contributed by atoms with Crippen molar-refractivity contribution in [2.24, 2.45) is 0 Å². The van der Waals surface area contributed by atoms with Gasteiger partial charge in [-0.15, -0.1) is 10.2 Å². The number of para-hydroxylation sites is 1. The fraction of sp³-hybridized carbons (Fsp3) is 0.190. The monoisotopic (exact) mass is 420 g/mol. The maximum absolute atomic E-state index is 12.5. The number of nitrogens with one attached hydrogen (secondary N) is 1. The number of amides is 1. The van der Waals surface area contributed by atoms with Crippen molar-refractivity contribution in [2.75, 3.05) is 17.7 Å². The van der Waals surface area contributed by atoms with E-state index in [0.717, 1.165) is 16.8 Å². The van der Waals surface area contributed by atoms with Gasteiger partial charge in [0.2, 0.25) is 11.1 Å². The van der Waals surface area contributed by atoms with Crippen LogP contribution in [0.25, 0.3) is 5.78 Å². The van der Waals surface area contributed by atoms with Gasteiger partial charge in [-0.25, -0.2) is 0 Å². The van der Waals surface area contributed by atoms with Crippen molar-refractivity contribution >= 4 is 29.1 Å². The smallest absolute Gasteiger partial charge is 0.274 e. The fourth-order valence-corrected chi connectivity index (χ4v) is 3.69. The Labute approximate surface area is 177 Å². The Hall–Kier alpha value is -3.46. The molecule has 0 unspecified atom stereocenters. The second-order valence-electron chi connectivity index (χ2n) is 6.86. The van der Waals surface area contributed by atoms with Gasteiger partial charge >= 0.3 is 0 Å². The molecule has 0 spiro atoms. The van der Waals surface area contributed by atoms with Crippen LogP contribution in [0.3, 0.4) is 0 Å². The van der Waals surface area contributed by atoms with E-state index < -0.39 is 0 Å². The molecule has 0 bridgehead atoms. The number of hydrogen-bond donors (Lipinski definition) is 1. The number of nitrogens with zero attached hydrogens (tertiary/aromatic N) is 5. The summed E-state index contributed by atoms with van der Waals surface area (Å²) in [4.78, 5) is 29.2. The van der Waals surface area contributed by atoms with Gasteiger partial charge in [0, 0.05) is 19.2 Å². The van der Waals surface area contributed by atoms with E-state index in [9.17, 15) is 9.59 Å². The molecule has 2 aromatic carbocycles. The van der Waals surface area contributed by atoms with Crippen LogP contribution < -0.4 is 10.5 Å². The van der Waals surface area contributed by atoms with E-state index in [1.807, 2.05) is 61.5 Å². The van der Waals surface area contributed by atoms with Crippen molar-refractivity contribution in [3.63, 3.8) is 0 Å². The summed E-state index contributed by atoms with van der Waals surface area (Å²) in [6.45, 7) is 2.01. The average molecular weight is 420 g/mol. The Morgan fingerprint density at radius 3 is 2.57 bits per heavy atom. The number of benzene rings is 2. The molecule has 0 fully saturated rings. The summed E-state index contributed by atoms with van der Waals surface area (Å²) < 4.78 is 1.48. The van der Waals surface area contributed by atoms with Gasteiger partial charge < -0.3 is 4.90 Å². The van der Waals surface area contributed by atoms with Crippen molar-refractivity contribution < 1.29 is 4.79 Å². The minimum Gasteiger partial charge on any atom is -0.315 e. The van der Waals surface area contributed by atoms with Crippen LogP contribution in [0.4, 0.5) is 5.69 Å². The normalized spacial score (nSPS) is 11.0. The van der Waals surface area contributed by atoms with Crippen LogP contribution in [0.15, 0.2) is 64.5 Å². The number of aromatic amines is 1. The molecular formula is C21H20N6O2S. The number of fused-ring (bicyclic) bond motifs is 1. The second-order valence-corrected chi connectivity index (χ2v) is 7.80. The largest absolute Gasteiger partial charge is 0.315 e. The molecule has 4 rings (SSSR count). The van der Waals surface area contributed by atoms with Crippen molar-refractivity contribution in [3.05, 3.63) is 81.8 Å². The minimum absolute atomic E-state index is 0.0766. The minimum atomic E-state index is -0.299. The number of aryl methyl sites for hydroxylation is 1. The Bertz CT molecular complexity index is 1230. The Balaban J connectivity index is 1.52. The fourth-order valence-electron chi connectivity index (χ4n) is 2.90. The van der Waals surface area contributed by atoms with Crippen LogP contribution in [0.5, 0.6) is 0 Å². The summed E-state index contributed by atoms with van der Waals surface area (Å²) in [7, 11) is 1.73. The van der Waals surface area contributed by atoms with E-state index >= 15 is 0 Å². The topological polar surface area (TPSA) is 96.2 Å². The summed E-state index contributed by atoms with van der Waals surface area (Å²) in [5.74, 6) is 0.339. The third kappa shape index (κ3) is 4.25. The molecule has 0 aliphatic heterocycles. The first-order valence-corrected chi connectivity index (χ1v) is 10.3. The van der Waals surface area contributed by atoms with Crippen molar-refractivity contribution in [1.82, 2.24) is 24.8 Å². The van der Waals surface area contributed by atoms with E-state index in [0.29, 0.717) is 17.3 Å². The molecule has 9 heteroatoms. The van der Waals surface area contributed by atoms with E-state index in [2.05, 4.69) is 20.3 Å². The van der Waals surface area contributed by atoms with Gasteiger partial charge in [-0.1, -0.05) is 59.8 Å². The van der Waals surface area contributed by atoms with Gasteiger partial charge in [-0.05, 0) is 24.6 Å². The lowest BCUT2D eigenvalue weighted by atomic mass is 10.1. The van der Waals surface area contributed by atoms with Crippen LogP contribution in [-0.4, -0.2) is 43.5 Å². The number of aromatic nitrogens is 5. The Morgan fingerprint density at radius 1 is 1.10 bits per heavy atom. The predicted octanol–water partition coefficient (Wildman–Crippen LogP) is 2.47. The molecule has 1 N–H and O–H groups in total. The lowest BCUT2D eigenvalue weighted by Crippen LogP contribution is -2.28. The van der Waals surface area contributed by atoms with Crippen LogP contribution in [0, 0.1) is 6.92 Å².